The molecule has 6 nitrogen and oxygen atoms in total. The number of rotatable bonds is 5. The summed E-state index contributed by atoms with van der Waals surface area (Å²) in [5, 5.41) is 13.1. The topological polar surface area (TPSA) is 88.4 Å². The molecule has 1 aromatic rings. The molecule has 1 atom stereocenters. The highest BCUT2D eigenvalue weighted by atomic mass is 32.1. The molecule has 100 valence electrons. The molecule has 2 N–H and O–H groups in total. The summed E-state index contributed by atoms with van der Waals surface area (Å²) in [5.74, 6) is -1.57. The lowest BCUT2D eigenvalue weighted by molar-refractivity contribution is -0.147. The second-order valence-corrected chi connectivity index (χ2v) is 5.09. The van der Waals surface area contributed by atoms with Crippen molar-refractivity contribution in [1.29, 1.82) is 0 Å². The molecular weight excluding hydrogens is 256 g/mol. The van der Waals surface area contributed by atoms with Gasteiger partial charge in [0.25, 0.3) is 0 Å². The quantitative estimate of drug-likeness (QED) is 0.821. The summed E-state index contributed by atoms with van der Waals surface area (Å²) < 4.78 is 1.32. The summed E-state index contributed by atoms with van der Waals surface area (Å²) in [5.41, 5.74) is -0.612. The highest BCUT2D eigenvalue weighted by molar-refractivity contribution is 7.07. The molecule has 1 heterocycles. The molecule has 0 radical (unpaired) electrons. The average molecular weight is 272 g/mol. The van der Waals surface area contributed by atoms with Crippen LogP contribution in [0.5, 0.6) is 0 Å². The summed E-state index contributed by atoms with van der Waals surface area (Å²) in [6.45, 7) is 4.69. The first-order valence-electron chi connectivity index (χ1n) is 5.49. The van der Waals surface area contributed by atoms with E-state index in [-0.39, 0.29) is 17.8 Å². The summed E-state index contributed by atoms with van der Waals surface area (Å²) in [7, 11) is 0. The minimum absolute atomic E-state index is 0.156. The minimum Gasteiger partial charge on any atom is -0.480 e. The lowest BCUT2D eigenvalue weighted by atomic mass is 9.99. The van der Waals surface area contributed by atoms with Crippen LogP contribution in [0.25, 0.3) is 0 Å². The highest BCUT2D eigenvalue weighted by Gasteiger charge is 2.32. The van der Waals surface area contributed by atoms with Gasteiger partial charge in [0.15, 0.2) is 0 Å². The zero-order valence-corrected chi connectivity index (χ0v) is 11.3. The molecule has 1 amide bonds. The molecular formula is C11H16N2O4S. The van der Waals surface area contributed by atoms with Gasteiger partial charge in [-0.3, -0.25) is 14.2 Å². The molecule has 1 unspecified atom stereocenters. The molecule has 0 saturated heterocycles. The predicted octanol–water partition coefficient (Wildman–Crippen LogP) is 0.588. The number of thiazole rings is 1. The maximum absolute atomic E-state index is 11.8. The van der Waals surface area contributed by atoms with E-state index in [2.05, 4.69) is 5.32 Å². The van der Waals surface area contributed by atoms with Crippen molar-refractivity contribution in [2.75, 3.05) is 0 Å². The van der Waals surface area contributed by atoms with E-state index >= 15 is 0 Å². The molecule has 0 fully saturated rings. The van der Waals surface area contributed by atoms with E-state index in [1.54, 1.807) is 19.2 Å². The van der Waals surface area contributed by atoms with Gasteiger partial charge in [0, 0.05) is 11.1 Å². The standard InChI is InChI=1S/C11H16N2O4S/c1-4-11(3,9(15)16)12-8(14)5-13-7(2)6-18-10(13)17/h6H,4-5H2,1-3H3,(H,12,14)(H,15,16). The number of aliphatic carboxylic acids is 1. The Morgan fingerprint density at radius 1 is 1.56 bits per heavy atom. The third-order valence-electron chi connectivity index (χ3n) is 2.87. The molecule has 7 heteroatoms. The second-order valence-electron chi connectivity index (χ2n) is 4.27. The SMILES string of the molecule is CCC(C)(NC(=O)Cn1c(C)csc1=O)C(=O)O. The molecule has 0 saturated carbocycles. The number of hydrogen-bond donors (Lipinski definition) is 2. The second kappa shape index (κ2) is 5.34. The number of aromatic nitrogens is 1. The summed E-state index contributed by atoms with van der Waals surface area (Å²) in [6, 6.07) is 0. The molecule has 0 aliphatic carbocycles. The van der Waals surface area contributed by atoms with Crippen molar-refractivity contribution >= 4 is 23.2 Å². The van der Waals surface area contributed by atoms with Crippen molar-refractivity contribution in [3.05, 3.63) is 20.7 Å². The third kappa shape index (κ3) is 2.98. The van der Waals surface area contributed by atoms with Gasteiger partial charge in [-0.25, -0.2) is 4.79 Å². The maximum atomic E-state index is 11.8. The third-order valence-corrected chi connectivity index (χ3v) is 3.75. The zero-order chi connectivity index (χ0) is 13.9. The van der Waals surface area contributed by atoms with Crippen LogP contribution in [0.1, 0.15) is 26.0 Å². The monoisotopic (exact) mass is 272 g/mol. The number of carboxylic acid groups (broad SMARTS) is 1. The number of hydrogen-bond acceptors (Lipinski definition) is 4. The van der Waals surface area contributed by atoms with E-state index in [0.717, 1.165) is 11.3 Å². The molecule has 0 aliphatic rings. The fourth-order valence-corrected chi connectivity index (χ4v) is 2.11. The van der Waals surface area contributed by atoms with E-state index in [9.17, 15) is 14.4 Å². The minimum atomic E-state index is -1.30. The van der Waals surface area contributed by atoms with Crippen LogP contribution in [0, 0.1) is 6.92 Å². The van der Waals surface area contributed by atoms with Gasteiger partial charge in [0.1, 0.15) is 12.1 Å². The van der Waals surface area contributed by atoms with Gasteiger partial charge < -0.3 is 10.4 Å². The van der Waals surface area contributed by atoms with Crippen LogP contribution < -0.4 is 10.2 Å². The number of aryl methyl sites for hydroxylation is 1. The van der Waals surface area contributed by atoms with Crippen LogP contribution >= 0.6 is 11.3 Å². The number of carbonyl (C=O) groups excluding carboxylic acids is 1. The van der Waals surface area contributed by atoms with Gasteiger partial charge in [-0.05, 0) is 20.3 Å². The average Bonchev–Trinajstić information content (AvgIpc) is 2.60. The van der Waals surface area contributed by atoms with Crippen LogP contribution in [0.3, 0.4) is 0 Å². The number of nitrogens with zero attached hydrogens (tertiary/aromatic N) is 1. The van der Waals surface area contributed by atoms with Gasteiger partial charge in [-0.15, -0.1) is 0 Å². The first kappa shape index (κ1) is 14.4. The Balaban J connectivity index is 2.79. The van der Waals surface area contributed by atoms with E-state index in [1.807, 2.05) is 0 Å². The molecule has 18 heavy (non-hydrogen) atoms. The van der Waals surface area contributed by atoms with E-state index in [4.69, 9.17) is 5.11 Å². The van der Waals surface area contributed by atoms with Gasteiger partial charge in [-0.1, -0.05) is 18.3 Å². The fourth-order valence-electron chi connectivity index (χ4n) is 1.38. The van der Waals surface area contributed by atoms with Crippen LogP contribution in [-0.4, -0.2) is 27.1 Å². The predicted molar refractivity (Wildman–Crippen MR) is 67.8 cm³/mol. The fraction of sp³-hybridized carbons (Fsp3) is 0.545. The number of amides is 1. The molecule has 0 spiro atoms. The van der Waals surface area contributed by atoms with Gasteiger partial charge >= 0.3 is 10.8 Å². The van der Waals surface area contributed by atoms with Crippen LogP contribution in [0.15, 0.2) is 10.2 Å². The number of nitrogens with one attached hydrogen (secondary N) is 1. The smallest absolute Gasteiger partial charge is 0.329 e. The molecule has 0 aliphatic heterocycles. The van der Waals surface area contributed by atoms with Crippen LogP contribution in [0.2, 0.25) is 0 Å². The summed E-state index contributed by atoms with van der Waals surface area (Å²) >= 11 is 1.01. The van der Waals surface area contributed by atoms with Crippen molar-refractivity contribution in [3.63, 3.8) is 0 Å². The van der Waals surface area contributed by atoms with Crippen molar-refractivity contribution in [1.82, 2.24) is 9.88 Å². The Bertz CT molecular complexity index is 519. The molecule has 1 rings (SSSR count). The largest absolute Gasteiger partial charge is 0.480 e. The van der Waals surface area contributed by atoms with Gasteiger partial charge in [0.2, 0.25) is 5.91 Å². The van der Waals surface area contributed by atoms with Crippen molar-refractivity contribution in [3.8, 4) is 0 Å². The van der Waals surface area contributed by atoms with Crippen molar-refractivity contribution < 1.29 is 14.7 Å². The Hall–Kier alpha value is -1.63. The molecule has 0 bridgehead atoms. The van der Waals surface area contributed by atoms with E-state index in [0.29, 0.717) is 5.69 Å². The first-order chi connectivity index (χ1) is 8.30. The van der Waals surface area contributed by atoms with Crippen molar-refractivity contribution in [2.24, 2.45) is 0 Å². The van der Waals surface area contributed by atoms with Crippen LogP contribution in [0.4, 0.5) is 0 Å². The molecule has 1 aromatic heterocycles. The number of carboxylic acids is 1. The Labute approximate surface area is 108 Å². The normalized spacial score (nSPS) is 13.9. The lowest BCUT2D eigenvalue weighted by Gasteiger charge is -2.24. The van der Waals surface area contributed by atoms with Gasteiger partial charge in [0.05, 0.1) is 0 Å². The Kier molecular flexibility index (Phi) is 4.28. The van der Waals surface area contributed by atoms with E-state index in [1.165, 1.54) is 11.5 Å². The number of carbonyl (C=O) groups is 2. The van der Waals surface area contributed by atoms with E-state index < -0.39 is 17.4 Å². The molecule has 0 aromatic carbocycles. The zero-order valence-electron chi connectivity index (χ0n) is 10.5. The Morgan fingerprint density at radius 3 is 2.56 bits per heavy atom. The maximum Gasteiger partial charge on any atom is 0.329 e. The first-order valence-corrected chi connectivity index (χ1v) is 6.37. The van der Waals surface area contributed by atoms with Crippen LogP contribution in [-0.2, 0) is 16.1 Å². The highest BCUT2D eigenvalue weighted by Crippen LogP contribution is 2.09. The van der Waals surface area contributed by atoms with Gasteiger partial charge in [-0.2, -0.15) is 0 Å². The Morgan fingerprint density at radius 2 is 2.17 bits per heavy atom. The summed E-state index contributed by atoms with van der Waals surface area (Å²) in [4.78, 5) is 34.0. The lowest BCUT2D eigenvalue weighted by Crippen LogP contribution is -2.52. The summed E-state index contributed by atoms with van der Waals surface area (Å²) in [6.07, 6.45) is 0.269. The van der Waals surface area contributed by atoms with Crippen molar-refractivity contribution in [2.45, 2.75) is 39.3 Å².